The van der Waals surface area contributed by atoms with Gasteiger partial charge in [-0.2, -0.15) is 0 Å². The topological polar surface area (TPSA) is 20.2 Å². The summed E-state index contributed by atoms with van der Waals surface area (Å²) in [6.07, 6.45) is 9.06. The van der Waals surface area contributed by atoms with Crippen molar-refractivity contribution in [3.8, 4) is 0 Å². The van der Waals surface area contributed by atoms with Crippen LogP contribution in [-0.4, -0.2) is 10.7 Å². The zero-order valence-corrected chi connectivity index (χ0v) is 7.84. The van der Waals surface area contributed by atoms with E-state index in [1.807, 2.05) is 18.2 Å². The van der Waals surface area contributed by atoms with Crippen LogP contribution in [0.1, 0.15) is 19.3 Å². The van der Waals surface area contributed by atoms with E-state index in [2.05, 4.69) is 15.9 Å². The summed E-state index contributed by atoms with van der Waals surface area (Å²) in [6.45, 7) is 0. The van der Waals surface area contributed by atoms with Crippen molar-refractivity contribution in [2.45, 2.75) is 24.9 Å². The van der Waals surface area contributed by atoms with E-state index in [1.165, 1.54) is 12.8 Å². The fraction of sp³-hybridized carbons (Fsp3) is 0.556. The summed E-state index contributed by atoms with van der Waals surface area (Å²) in [5.74, 6) is 0.524. The van der Waals surface area contributed by atoms with Crippen LogP contribution in [0.3, 0.4) is 0 Å². The van der Waals surface area contributed by atoms with Crippen molar-refractivity contribution >= 4 is 15.9 Å². The van der Waals surface area contributed by atoms with E-state index in [1.54, 1.807) is 0 Å². The lowest BCUT2D eigenvalue weighted by Crippen LogP contribution is -2.29. The fourth-order valence-electron chi connectivity index (χ4n) is 1.51. The molecule has 0 spiro atoms. The Hall–Kier alpha value is -0.0800. The van der Waals surface area contributed by atoms with Crippen LogP contribution in [0.2, 0.25) is 0 Å². The predicted octanol–water partition coefficient (Wildman–Crippen LogP) is 2.37. The van der Waals surface area contributed by atoms with Gasteiger partial charge < -0.3 is 5.11 Å². The highest BCUT2D eigenvalue weighted by atomic mass is 79.9. The summed E-state index contributed by atoms with van der Waals surface area (Å²) in [6, 6.07) is 0. The third-order valence-electron chi connectivity index (χ3n) is 2.44. The first-order valence-electron chi connectivity index (χ1n) is 3.98. The zero-order chi connectivity index (χ0) is 7.90. The second-order valence-corrected chi connectivity index (χ2v) is 4.31. The van der Waals surface area contributed by atoms with E-state index in [0.29, 0.717) is 5.92 Å². The average Bonchev–Trinajstić information content (AvgIpc) is 2.77. The standard InChI is InChI=1S/C9H11BrO/c10-8-3-5-9(11,6-4-8)7-1-2-7/h3-5,7,11H,1-2,6H2. The molecule has 1 saturated carbocycles. The third-order valence-corrected chi connectivity index (χ3v) is 3.03. The minimum absolute atomic E-state index is 0.517. The molecule has 0 saturated heterocycles. The van der Waals surface area contributed by atoms with Crippen molar-refractivity contribution in [2.75, 3.05) is 0 Å². The van der Waals surface area contributed by atoms with Crippen LogP contribution in [0.4, 0.5) is 0 Å². The molecule has 60 valence electrons. The van der Waals surface area contributed by atoms with Gasteiger partial charge in [-0.15, -0.1) is 0 Å². The molecule has 2 aliphatic rings. The van der Waals surface area contributed by atoms with Crippen LogP contribution in [0.15, 0.2) is 22.7 Å². The molecular weight excluding hydrogens is 204 g/mol. The van der Waals surface area contributed by atoms with Crippen molar-refractivity contribution in [3.05, 3.63) is 22.7 Å². The molecule has 2 heteroatoms. The van der Waals surface area contributed by atoms with Gasteiger partial charge in [0, 0.05) is 4.48 Å². The summed E-state index contributed by atoms with van der Waals surface area (Å²) in [4.78, 5) is 0. The molecule has 1 fully saturated rings. The number of allylic oxidation sites excluding steroid dienone is 2. The van der Waals surface area contributed by atoms with E-state index in [9.17, 15) is 5.11 Å². The van der Waals surface area contributed by atoms with E-state index in [0.717, 1.165) is 10.9 Å². The van der Waals surface area contributed by atoms with Gasteiger partial charge in [-0.25, -0.2) is 0 Å². The Morgan fingerprint density at radius 3 is 2.73 bits per heavy atom. The second kappa shape index (κ2) is 2.46. The van der Waals surface area contributed by atoms with Gasteiger partial charge in [0.05, 0.1) is 5.60 Å². The number of hydrogen-bond acceptors (Lipinski definition) is 1. The molecule has 0 aromatic rings. The number of rotatable bonds is 1. The molecule has 0 aromatic heterocycles. The van der Waals surface area contributed by atoms with Crippen molar-refractivity contribution in [1.29, 1.82) is 0 Å². The van der Waals surface area contributed by atoms with Gasteiger partial charge >= 0.3 is 0 Å². The minimum Gasteiger partial charge on any atom is -0.385 e. The molecule has 2 rings (SSSR count). The van der Waals surface area contributed by atoms with E-state index >= 15 is 0 Å². The Morgan fingerprint density at radius 1 is 1.55 bits per heavy atom. The van der Waals surface area contributed by atoms with Crippen LogP contribution in [0.5, 0.6) is 0 Å². The Kier molecular flexibility index (Phi) is 1.69. The van der Waals surface area contributed by atoms with Gasteiger partial charge in [0.15, 0.2) is 0 Å². The lowest BCUT2D eigenvalue weighted by atomic mass is 9.90. The van der Waals surface area contributed by atoms with E-state index < -0.39 is 5.60 Å². The molecule has 0 amide bonds. The van der Waals surface area contributed by atoms with Crippen LogP contribution in [0, 0.1) is 5.92 Å². The summed E-state index contributed by atoms with van der Waals surface area (Å²) in [7, 11) is 0. The highest BCUT2D eigenvalue weighted by molar-refractivity contribution is 9.11. The Balaban J connectivity index is 2.13. The van der Waals surface area contributed by atoms with Crippen LogP contribution >= 0.6 is 15.9 Å². The summed E-state index contributed by atoms with van der Waals surface area (Å²) in [5, 5.41) is 9.98. The Labute approximate surface area is 74.9 Å². The van der Waals surface area contributed by atoms with Crippen molar-refractivity contribution in [2.24, 2.45) is 5.92 Å². The molecule has 0 heterocycles. The molecular formula is C9H11BrO. The molecule has 1 N–H and O–H groups in total. The Morgan fingerprint density at radius 2 is 2.27 bits per heavy atom. The van der Waals surface area contributed by atoms with E-state index in [4.69, 9.17) is 0 Å². The third kappa shape index (κ3) is 1.42. The van der Waals surface area contributed by atoms with Crippen molar-refractivity contribution in [1.82, 2.24) is 0 Å². The SMILES string of the molecule is OC1(C2CC2)C=CC(Br)=CC1. The van der Waals surface area contributed by atoms with Crippen LogP contribution in [-0.2, 0) is 0 Å². The maximum Gasteiger partial charge on any atom is 0.0893 e. The Bertz CT molecular complexity index is 228. The van der Waals surface area contributed by atoms with Gasteiger partial charge in [0.1, 0.15) is 0 Å². The van der Waals surface area contributed by atoms with Gasteiger partial charge in [-0.1, -0.05) is 28.1 Å². The minimum atomic E-state index is -0.517. The van der Waals surface area contributed by atoms with Gasteiger partial charge in [-0.3, -0.25) is 0 Å². The van der Waals surface area contributed by atoms with Crippen LogP contribution in [0.25, 0.3) is 0 Å². The lowest BCUT2D eigenvalue weighted by molar-refractivity contribution is 0.0694. The van der Waals surface area contributed by atoms with Gasteiger partial charge in [0.25, 0.3) is 0 Å². The average molecular weight is 215 g/mol. The smallest absolute Gasteiger partial charge is 0.0893 e. The monoisotopic (exact) mass is 214 g/mol. The summed E-state index contributed by atoms with van der Waals surface area (Å²) in [5.41, 5.74) is -0.517. The highest BCUT2D eigenvalue weighted by Crippen LogP contribution is 2.44. The zero-order valence-electron chi connectivity index (χ0n) is 6.26. The molecule has 0 radical (unpaired) electrons. The first kappa shape index (κ1) is 7.56. The quantitative estimate of drug-likeness (QED) is 0.711. The first-order chi connectivity index (χ1) is 5.21. The van der Waals surface area contributed by atoms with Gasteiger partial charge in [0.2, 0.25) is 0 Å². The molecule has 2 aliphatic carbocycles. The number of halogens is 1. The van der Waals surface area contributed by atoms with Crippen LogP contribution < -0.4 is 0 Å². The molecule has 0 aliphatic heterocycles. The van der Waals surface area contributed by atoms with E-state index in [-0.39, 0.29) is 0 Å². The number of aliphatic hydroxyl groups is 1. The van der Waals surface area contributed by atoms with Crippen molar-refractivity contribution < 1.29 is 5.11 Å². The normalized spacial score (nSPS) is 37.1. The molecule has 11 heavy (non-hydrogen) atoms. The maximum absolute atomic E-state index is 9.98. The van der Waals surface area contributed by atoms with Crippen molar-refractivity contribution in [3.63, 3.8) is 0 Å². The largest absolute Gasteiger partial charge is 0.385 e. The fourth-order valence-corrected chi connectivity index (χ4v) is 1.80. The first-order valence-corrected chi connectivity index (χ1v) is 4.77. The lowest BCUT2D eigenvalue weighted by Gasteiger charge is -2.25. The summed E-state index contributed by atoms with van der Waals surface area (Å²) >= 11 is 3.37. The van der Waals surface area contributed by atoms with Gasteiger partial charge in [-0.05, 0) is 31.3 Å². The molecule has 1 atom stereocenters. The predicted molar refractivity (Wildman–Crippen MR) is 48.4 cm³/mol. The highest BCUT2D eigenvalue weighted by Gasteiger charge is 2.41. The molecule has 1 nitrogen and oxygen atoms in total. The molecule has 0 bridgehead atoms. The molecule has 0 aromatic carbocycles. The number of hydrogen-bond donors (Lipinski definition) is 1. The second-order valence-electron chi connectivity index (χ2n) is 3.39. The molecule has 1 unspecified atom stereocenters. The maximum atomic E-state index is 9.98. The summed E-state index contributed by atoms with van der Waals surface area (Å²) < 4.78 is 1.09.